The average molecular weight is 643 g/mol. The fourth-order valence-corrected chi connectivity index (χ4v) is 3.81. The van der Waals surface area contributed by atoms with Gasteiger partial charge in [-0.2, -0.15) is 39.5 Å². The number of halogens is 12. The number of alkyl halides is 9. The number of hydrogen-bond donors (Lipinski definition) is 3. The summed E-state index contributed by atoms with van der Waals surface area (Å²) in [5.41, 5.74) is -4.92. The van der Waals surface area contributed by atoms with E-state index in [0.29, 0.717) is 12.1 Å². The summed E-state index contributed by atoms with van der Waals surface area (Å²) in [6.07, 6.45) is -15.4. The summed E-state index contributed by atoms with van der Waals surface area (Å²) in [5, 5.41) is 11.8. The second-order valence-corrected chi connectivity index (χ2v) is 9.24. The summed E-state index contributed by atoms with van der Waals surface area (Å²) in [6, 6.07) is 0.835. The zero-order valence-electron chi connectivity index (χ0n) is 20.3. The Labute approximate surface area is 235 Å². The molecule has 0 aliphatic carbocycles. The Morgan fingerprint density at radius 1 is 1.00 bits per heavy atom. The highest BCUT2D eigenvalue weighted by Gasteiger charge is 2.41. The third kappa shape index (κ3) is 9.23. The Balaban J connectivity index is 2.47. The van der Waals surface area contributed by atoms with Gasteiger partial charge >= 0.3 is 18.5 Å². The zero-order valence-corrected chi connectivity index (χ0v) is 21.8. The van der Waals surface area contributed by atoms with Crippen molar-refractivity contribution in [2.45, 2.75) is 44.0 Å². The molecule has 0 bridgehead atoms. The number of amides is 2. The molecule has 2 aromatic rings. The standard InChI is InChI=1S/C24H18Cl2F10N2O3/c1-10(20(40)37-9-22(28,29)30)38-21(41)14-3-2-11(5-16(14)24(34,35)36)18(27)7-15(23(31,32)33)12-4-13(8-39)19(26)17(25)6-12/h2-7,10,15,39H,8-9H2,1H3,(H,37,40)(H,38,41)/b18-7-/t10-,15?/m1/s1. The van der Waals surface area contributed by atoms with Crippen LogP contribution in [0.15, 0.2) is 36.4 Å². The van der Waals surface area contributed by atoms with E-state index in [1.54, 1.807) is 5.32 Å². The molecule has 0 saturated carbocycles. The van der Waals surface area contributed by atoms with Crippen LogP contribution < -0.4 is 10.6 Å². The first-order chi connectivity index (χ1) is 18.7. The van der Waals surface area contributed by atoms with Crippen molar-refractivity contribution >= 4 is 40.8 Å². The number of benzene rings is 2. The van der Waals surface area contributed by atoms with Gasteiger partial charge in [0.2, 0.25) is 5.91 Å². The number of rotatable bonds is 8. The largest absolute Gasteiger partial charge is 0.417 e. The molecule has 2 atom stereocenters. The molecular formula is C24H18Cl2F10N2O3. The quantitative estimate of drug-likeness (QED) is 0.273. The van der Waals surface area contributed by atoms with E-state index < -0.39 is 88.6 Å². The second-order valence-electron chi connectivity index (χ2n) is 8.45. The maximum atomic E-state index is 15.0. The molecular weight excluding hydrogens is 625 g/mol. The topological polar surface area (TPSA) is 78.4 Å². The van der Waals surface area contributed by atoms with Crippen LogP contribution in [-0.2, 0) is 17.6 Å². The average Bonchev–Trinajstić information content (AvgIpc) is 2.85. The molecule has 2 amide bonds. The predicted molar refractivity (Wildman–Crippen MR) is 128 cm³/mol. The second kappa shape index (κ2) is 12.9. The summed E-state index contributed by atoms with van der Waals surface area (Å²) in [4.78, 5) is 24.1. The minimum atomic E-state index is -5.35. The van der Waals surface area contributed by atoms with Crippen molar-refractivity contribution in [2.75, 3.05) is 6.54 Å². The van der Waals surface area contributed by atoms with Gasteiger partial charge < -0.3 is 15.7 Å². The molecule has 17 heteroatoms. The molecule has 5 nitrogen and oxygen atoms in total. The fraction of sp³-hybridized carbons (Fsp3) is 0.333. The first kappa shape index (κ1) is 34.2. The van der Waals surface area contributed by atoms with E-state index in [1.165, 1.54) is 5.32 Å². The number of hydrogen-bond acceptors (Lipinski definition) is 3. The first-order valence-electron chi connectivity index (χ1n) is 11.0. The molecule has 0 saturated heterocycles. The Morgan fingerprint density at radius 2 is 1.61 bits per heavy atom. The monoisotopic (exact) mass is 642 g/mol. The lowest BCUT2D eigenvalue weighted by Gasteiger charge is -2.20. The number of aliphatic hydroxyl groups excluding tert-OH is 1. The van der Waals surface area contributed by atoms with Crippen LogP contribution in [0.25, 0.3) is 5.83 Å². The van der Waals surface area contributed by atoms with Crippen molar-refractivity contribution in [3.05, 3.63) is 74.3 Å². The highest BCUT2D eigenvalue weighted by atomic mass is 35.5. The maximum absolute atomic E-state index is 15.0. The van der Waals surface area contributed by atoms with Crippen LogP contribution in [0.4, 0.5) is 43.9 Å². The van der Waals surface area contributed by atoms with Gasteiger partial charge in [-0.15, -0.1) is 0 Å². The minimum Gasteiger partial charge on any atom is -0.392 e. The minimum absolute atomic E-state index is 0.0387. The van der Waals surface area contributed by atoms with Crippen LogP contribution in [0.1, 0.15) is 45.5 Å². The van der Waals surface area contributed by atoms with Gasteiger partial charge in [0.15, 0.2) is 0 Å². The molecule has 0 heterocycles. The number of nitrogens with one attached hydrogen (secondary N) is 2. The van der Waals surface area contributed by atoms with Crippen LogP contribution >= 0.6 is 23.2 Å². The molecule has 3 N–H and O–H groups in total. The van der Waals surface area contributed by atoms with E-state index in [4.69, 9.17) is 23.2 Å². The van der Waals surface area contributed by atoms with Crippen molar-refractivity contribution in [1.82, 2.24) is 10.6 Å². The lowest BCUT2D eigenvalue weighted by Crippen LogP contribution is -2.47. The SMILES string of the molecule is C[C@@H](NC(=O)c1ccc(/C(F)=C/C(c2cc(Cl)c(Cl)c(CO)c2)C(F)(F)F)cc1C(F)(F)F)C(=O)NCC(F)(F)F. The number of carbonyl (C=O) groups is 2. The van der Waals surface area contributed by atoms with Crippen LogP contribution in [0, 0.1) is 0 Å². The number of carbonyl (C=O) groups excluding carboxylic acids is 2. The summed E-state index contributed by atoms with van der Waals surface area (Å²) in [6.45, 7) is -1.72. The van der Waals surface area contributed by atoms with Crippen molar-refractivity contribution in [3.63, 3.8) is 0 Å². The van der Waals surface area contributed by atoms with Crippen LogP contribution in [0.5, 0.6) is 0 Å². The van der Waals surface area contributed by atoms with Gasteiger partial charge in [-0.3, -0.25) is 9.59 Å². The van der Waals surface area contributed by atoms with Crippen molar-refractivity contribution in [1.29, 1.82) is 0 Å². The van der Waals surface area contributed by atoms with E-state index in [2.05, 4.69) is 0 Å². The van der Waals surface area contributed by atoms with Gasteiger partial charge in [0.1, 0.15) is 24.3 Å². The molecule has 0 spiro atoms. The van der Waals surface area contributed by atoms with Gasteiger partial charge in [-0.05, 0) is 42.3 Å². The van der Waals surface area contributed by atoms with Gasteiger partial charge in [0.25, 0.3) is 5.91 Å². The summed E-state index contributed by atoms with van der Waals surface area (Å²) in [7, 11) is 0. The Bertz CT molecular complexity index is 1320. The molecule has 226 valence electrons. The molecule has 1 unspecified atom stereocenters. The van der Waals surface area contributed by atoms with E-state index in [9.17, 15) is 54.2 Å². The molecule has 2 rings (SSSR count). The van der Waals surface area contributed by atoms with Gasteiger partial charge in [-0.1, -0.05) is 35.3 Å². The smallest absolute Gasteiger partial charge is 0.392 e. The third-order valence-electron chi connectivity index (χ3n) is 5.37. The van der Waals surface area contributed by atoms with Crippen molar-refractivity contribution in [3.8, 4) is 0 Å². The molecule has 41 heavy (non-hydrogen) atoms. The molecule has 2 aromatic carbocycles. The summed E-state index contributed by atoms with van der Waals surface area (Å²) in [5.74, 6) is -7.49. The fourth-order valence-electron chi connectivity index (χ4n) is 3.39. The highest BCUT2D eigenvalue weighted by molar-refractivity contribution is 6.42. The molecule has 0 aliphatic rings. The predicted octanol–water partition coefficient (Wildman–Crippen LogP) is 6.96. The number of allylic oxidation sites excluding steroid dienone is 1. The maximum Gasteiger partial charge on any atom is 0.417 e. The molecule has 0 aliphatic heterocycles. The zero-order chi connectivity index (χ0) is 31.5. The van der Waals surface area contributed by atoms with Crippen molar-refractivity contribution in [2.24, 2.45) is 0 Å². The Hall–Kier alpha value is -3.04. The van der Waals surface area contributed by atoms with E-state index in [-0.39, 0.29) is 22.7 Å². The van der Waals surface area contributed by atoms with E-state index in [1.807, 2.05) is 0 Å². The number of aliphatic hydroxyl groups is 1. The Morgan fingerprint density at radius 3 is 2.12 bits per heavy atom. The molecule has 0 aromatic heterocycles. The Kier molecular flexibility index (Phi) is 10.7. The summed E-state index contributed by atoms with van der Waals surface area (Å²) >= 11 is 11.6. The molecule has 0 fully saturated rings. The van der Waals surface area contributed by atoms with Gasteiger partial charge in [0.05, 0.1) is 27.8 Å². The first-order valence-corrected chi connectivity index (χ1v) is 11.8. The van der Waals surface area contributed by atoms with Crippen LogP contribution in [0.3, 0.4) is 0 Å². The normalized spacial score (nSPS) is 14.4. The third-order valence-corrected chi connectivity index (χ3v) is 6.21. The highest BCUT2D eigenvalue weighted by Crippen LogP contribution is 2.42. The summed E-state index contributed by atoms with van der Waals surface area (Å²) < 4.78 is 134. The van der Waals surface area contributed by atoms with Crippen molar-refractivity contribution < 1.29 is 58.6 Å². The van der Waals surface area contributed by atoms with Gasteiger partial charge in [0, 0.05) is 5.56 Å². The van der Waals surface area contributed by atoms with E-state index in [0.717, 1.165) is 19.1 Å². The molecule has 0 radical (unpaired) electrons. The lowest BCUT2D eigenvalue weighted by molar-refractivity contribution is -0.140. The van der Waals surface area contributed by atoms with Gasteiger partial charge in [-0.25, -0.2) is 4.39 Å². The van der Waals surface area contributed by atoms with Crippen LogP contribution in [0.2, 0.25) is 10.0 Å². The van der Waals surface area contributed by atoms with Crippen LogP contribution in [-0.4, -0.2) is 41.9 Å². The lowest BCUT2D eigenvalue weighted by atomic mass is 9.94. The van der Waals surface area contributed by atoms with E-state index >= 15 is 4.39 Å².